The van der Waals surface area contributed by atoms with Crippen LogP contribution in [-0.4, -0.2) is 35.2 Å². The molecule has 7 nitrogen and oxygen atoms in total. The lowest BCUT2D eigenvalue weighted by Crippen LogP contribution is -2.32. The number of imide groups is 1. The molecular formula is C24H25NO6. The van der Waals surface area contributed by atoms with Gasteiger partial charge in [-0.1, -0.05) is 60.7 Å². The zero-order chi connectivity index (χ0) is 22.1. The monoisotopic (exact) mass is 423 g/mol. The van der Waals surface area contributed by atoms with E-state index in [0.717, 1.165) is 11.1 Å². The molecule has 2 aromatic rings. The fourth-order valence-electron chi connectivity index (χ4n) is 3.32. The molecule has 2 amide bonds. The summed E-state index contributed by atoms with van der Waals surface area (Å²) in [5.41, 5.74) is 1.61. The van der Waals surface area contributed by atoms with Crippen molar-refractivity contribution in [3.63, 3.8) is 0 Å². The first-order valence-electron chi connectivity index (χ1n) is 10.3. The van der Waals surface area contributed by atoms with E-state index in [-0.39, 0.29) is 50.8 Å². The summed E-state index contributed by atoms with van der Waals surface area (Å²) in [6.45, 7) is 0.266. The molecule has 0 saturated carbocycles. The quantitative estimate of drug-likeness (QED) is 0.332. The second-order valence-electron chi connectivity index (χ2n) is 7.32. The van der Waals surface area contributed by atoms with Crippen LogP contribution in [-0.2, 0) is 41.9 Å². The summed E-state index contributed by atoms with van der Waals surface area (Å²) in [5, 5.41) is 0. The standard InChI is InChI=1S/C24H25NO6/c26-21-13-14-22(27)25(21)15-7-12-20(23(28)30-16-18-8-3-1-4-9-18)24(29)31-17-19-10-5-2-6-11-19/h1-6,8-11,20H,7,12-17H2. The fraction of sp³-hybridized carbons (Fsp3) is 0.333. The highest BCUT2D eigenvalue weighted by atomic mass is 16.6. The number of benzene rings is 2. The average Bonchev–Trinajstić information content (AvgIpc) is 3.12. The normalized spacial score (nSPS) is 13.5. The molecule has 2 aromatic carbocycles. The smallest absolute Gasteiger partial charge is 0.320 e. The van der Waals surface area contributed by atoms with E-state index in [1.54, 1.807) is 0 Å². The number of esters is 2. The minimum absolute atomic E-state index is 0.0469. The van der Waals surface area contributed by atoms with Crippen LogP contribution in [0, 0.1) is 5.92 Å². The van der Waals surface area contributed by atoms with Crippen molar-refractivity contribution in [3.8, 4) is 0 Å². The van der Waals surface area contributed by atoms with Crippen molar-refractivity contribution in [2.75, 3.05) is 6.54 Å². The number of hydrogen-bond donors (Lipinski definition) is 0. The van der Waals surface area contributed by atoms with E-state index in [1.165, 1.54) is 4.90 Å². The predicted molar refractivity (Wildman–Crippen MR) is 111 cm³/mol. The van der Waals surface area contributed by atoms with E-state index < -0.39 is 17.9 Å². The number of nitrogens with zero attached hydrogens (tertiary/aromatic N) is 1. The summed E-state index contributed by atoms with van der Waals surface area (Å²) in [6.07, 6.45) is 0.850. The van der Waals surface area contributed by atoms with Crippen LogP contribution in [0.1, 0.15) is 36.8 Å². The van der Waals surface area contributed by atoms with Crippen LogP contribution in [0.4, 0.5) is 0 Å². The van der Waals surface area contributed by atoms with Gasteiger partial charge in [-0.25, -0.2) is 0 Å². The van der Waals surface area contributed by atoms with Crippen molar-refractivity contribution in [1.82, 2.24) is 4.90 Å². The third-order valence-corrected chi connectivity index (χ3v) is 5.05. The Balaban J connectivity index is 1.58. The van der Waals surface area contributed by atoms with Crippen LogP contribution in [0.3, 0.4) is 0 Å². The minimum Gasteiger partial charge on any atom is -0.460 e. The molecule has 1 saturated heterocycles. The number of amides is 2. The van der Waals surface area contributed by atoms with Gasteiger partial charge in [-0.05, 0) is 24.0 Å². The van der Waals surface area contributed by atoms with Crippen LogP contribution in [0.2, 0.25) is 0 Å². The van der Waals surface area contributed by atoms with Gasteiger partial charge in [0, 0.05) is 19.4 Å². The van der Waals surface area contributed by atoms with Gasteiger partial charge in [-0.15, -0.1) is 0 Å². The molecule has 0 aromatic heterocycles. The Morgan fingerprint density at radius 2 is 1.23 bits per heavy atom. The molecule has 0 N–H and O–H groups in total. The van der Waals surface area contributed by atoms with Crippen molar-refractivity contribution in [1.29, 1.82) is 0 Å². The maximum absolute atomic E-state index is 12.7. The average molecular weight is 423 g/mol. The first-order valence-corrected chi connectivity index (χ1v) is 10.3. The molecule has 1 fully saturated rings. The van der Waals surface area contributed by atoms with Crippen molar-refractivity contribution in [2.24, 2.45) is 5.92 Å². The Morgan fingerprint density at radius 1 is 0.774 bits per heavy atom. The largest absolute Gasteiger partial charge is 0.460 e. The first-order chi connectivity index (χ1) is 15.0. The predicted octanol–water partition coefficient (Wildman–Crippen LogP) is 3.02. The van der Waals surface area contributed by atoms with Gasteiger partial charge in [0.1, 0.15) is 13.2 Å². The van der Waals surface area contributed by atoms with Crippen molar-refractivity contribution in [2.45, 2.75) is 38.9 Å². The van der Waals surface area contributed by atoms with Gasteiger partial charge >= 0.3 is 11.9 Å². The Bertz CT molecular complexity index is 841. The second kappa shape index (κ2) is 11.1. The van der Waals surface area contributed by atoms with Gasteiger partial charge < -0.3 is 9.47 Å². The first kappa shape index (κ1) is 22.2. The lowest BCUT2D eigenvalue weighted by Gasteiger charge is -2.18. The molecule has 0 atom stereocenters. The Kier molecular flexibility index (Phi) is 7.92. The number of carbonyl (C=O) groups excluding carboxylic acids is 4. The van der Waals surface area contributed by atoms with Crippen LogP contribution in [0.5, 0.6) is 0 Å². The van der Waals surface area contributed by atoms with E-state index in [0.29, 0.717) is 6.42 Å². The summed E-state index contributed by atoms with van der Waals surface area (Å²) in [7, 11) is 0. The number of hydrogen-bond acceptors (Lipinski definition) is 6. The van der Waals surface area contributed by atoms with Gasteiger partial charge in [0.2, 0.25) is 11.8 Å². The highest BCUT2D eigenvalue weighted by Crippen LogP contribution is 2.18. The van der Waals surface area contributed by atoms with E-state index in [2.05, 4.69) is 0 Å². The molecule has 1 aliphatic heterocycles. The Morgan fingerprint density at radius 3 is 1.68 bits per heavy atom. The zero-order valence-electron chi connectivity index (χ0n) is 17.2. The van der Waals surface area contributed by atoms with E-state index in [9.17, 15) is 19.2 Å². The maximum atomic E-state index is 12.7. The molecule has 0 bridgehead atoms. The Labute approximate surface area is 180 Å². The van der Waals surface area contributed by atoms with Crippen LogP contribution in [0.15, 0.2) is 60.7 Å². The lowest BCUT2D eigenvalue weighted by atomic mass is 10.0. The maximum Gasteiger partial charge on any atom is 0.320 e. The topological polar surface area (TPSA) is 90.0 Å². The summed E-state index contributed by atoms with van der Waals surface area (Å²) < 4.78 is 10.7. The molecule has 1 heterocycles. The molecule has 162 valence electrons. The van der Waals surface area contributed by atoms with Crippen LogP contribution >= 0.6 is 0 Å². The van der Waals surface area contributed by atoms with E-state index >= 15 is 0 Å². The lowest BCUT2D eigenvalue weighted by molar-refractivity contribution is -0.164. The molecule has 0 radical (unpaired) electrons. The van der Waals surface area contributed by atoms with Crippen LogP contribution < -0.4 is 0 Å². The number of ether oxygens (including phenoxy) is 2. The van der Waals surface area contributed by atoms with Gasteiger partial charge in [-0.2, -0.15) is 0 Å². The summed E-state index contributed by atoms with van der Waals surface area (Å²) in [5.74, 6) is -2.93. The van der Waals surface area contributed by atoms with Crippen LogP contribution in [0.25, 0.3) is 0 Å². The fourth-order valence-corrected chi connectivity index (χ4v) is 3.32. The SMILES string of the molecule is O=C(OCc1ccccc1)C(CCCN1C(=O)CCC1=O)C(=O)OCc1ccccc1. The third-order valence-electron chi connectivity index (χ3n) is 5.05. The molecule has 0 aliphatic carbocycles. The highest BCUT2D eigenvalue weighted by Gasteiger charge is 2.32. The molecular weight excluding hydrogens is 398 g/mol. The Hall–Kier alpha value is -3.48. The summed E-state index contributed by atoms with van der Waals surface area (Å²) >= 11 is 0. The minimum atomic E-state index is -1.12. The highest BCUT2D eigenvalue weighted by molar-refractivity contribution is 6.01. The summed E-state index contributed by atoms with van der Waals surface area (Å²) in [6, 6.07) is 18.3. The second-order valence-corrected chi connectivity index (χ2v) is 7.32. The zero-order valence-corrected chi connectivity index (χ0v) is 17.2. The molecule has 0 spiro atoms. The number of rotatable bonds is 10. The van der Waals surface area contributed by atoms with E-state index in [4.69, 9.17) is 9.47 Å². The van der Waals surface area contributed by atoms with Crippen molar-refractivity contribution < 1.29 is 28.7 Å². The van der Waals surface area contributed by atoms with Crippen molar-refractivity contribution >= 4 is 23.8 Å². The van der Waals surface area contributed by atoms with Gasteiger partial charge in [0.25, 0.3) is 0 Å². The van der Waals surface area contributed by atoms with Gasteiger partial charge in [0.05, 0.1) is 0 Å². The molecule has 0 unspecified atom stereocenters. The molecule has 7 heteroatoms. The number of likely N-dealkylation sites (tertiary alicyclic amines) is 1. The molecule has 3 rings (SSSR count). The van der Waals surface area contributed by atoms with Gasteiger partial charge in [0.15, 0.2) is 5.92 Å². The third kappa shape index (κ3) is 6.50. The van der Waals surface area contributed by atoms with Crippen molar-refractivity contribution in [3.05, 3.63) is 71.8 Å². The van der Waals surface area contributed by atoms with Gasteiger partial charge in [-0.3, -0.25) is 24.1 Å². The molecule has 31 heavy (non-hydrogen) atoms. The number of carbonyl (C=O) groups is 4. The molecule has 1 aliphatic rings. The van der Waals surface area contributed by atoms with E-state index in [1.807, 2.05) is 60.7 Å². The summed E-state index contributed by atoms with van der Waals surface area (Å²) in [4.78, 5) is 50.0.